The highest BCUT2D eigenvalue weighted by Crippen LogP contribution is 2.24. The van der Waals surface area contributed by atoms with Gasteiger partial charge in [-0.3, -0.25) is 10.7 Å². The van der Waals surface area contributed by atoms with Crippen molar-refractivity contribution in [3.63, 3.8) is 0 Å². The number of hydrazone groups is 1. The number of aromatic nitrogens is 2. The van der Waals surface area contributed by atoms with Crippen molar-refractivity contribution in [2.75, 3.05) is 10.7 Å². The molecule has 0 aliphatic carbocycles. The fourth-order valence-electron chi connectivity index (χ4n) is 3.03. The van der Waals surface area contributed by atoms with Gasteiger partial charge < -0.3 is 10.3 Å². The molecule has 0 spiro atoms. The third-order valence-corrected chi connectivity index (χ3v) is 4.55. The Labute approximate surface area is 178 Å². The Bertz CT molecular complexity index is 1160. The van der Waals surface area contributed by atoms with Crippen molar-refractivity contribution >= 4 is 17.7 Å². The van der Waals surface area contributed by atoms with Gasteiger partial charge in [-0.2, -0.15) is 0 Å². The maximum Gasteiger partial charge on any atom is 0.231 e. The van der Waals surface area contributed by atoms with E-state index in [2.05, 4.69) is 26.0 Å². The Morgan fingerprint density at radius 2 is 1.84 bits per heavy atom. The van der Waals surface area contributed by atoms with Gasteiger partial charge >= 0.3 is 0 Å². The van der Waals surface area contributed by atoms with Gasteiger partial charge in [0.2, 0.25) is 11.8 Å². The normalized spacial score (nSPS) is 11.3. The Balaban J connectivity index is 1.32. The maximum absolute atomic E-state index is 14.5. The lowest BCUT2D eigenvalue weighted by molar-refractivity contribution is 0.426. The first-order chi connectivity index (χ1) is 15.2. The predicted octanol–water partition coefficient (Wildman–Crippen LogP) is 4.41. The molecule has 4 aromatic rings. The Morgan fingerprint density at radius 1 is 1.00 bits per heavy atom. The molecule has 0 aliphatic heterocycles. The zero-order chi connectivity index (χ0) is 21.5. The summed E-state index contributed by atoms with van der Waals surface area (Å²) < 4.78 is 19.8. The molecule has 8 heteroatoms. The molecule has 7 nitrogen and oxygen atoms in total. The highest BCUT2D eigenvalue weighted by molar-refractivity contribution is 5.91. The molecule has 31 heavy (non-hydrogen) atoms. The van der Waals surface area contributed by atoms with E-state index >= 15 is 0 Å². The summed E-state index contributed by atoms with van der Waals surface area (Å²) in [5, 5.41) is 10.8. The summed E-state index contributed by atoms with van der Waals surface area (Å²) in [5.41, 5.74) is 11.6. The first-order valence-corrected chi connectivity index (χ1v) is 9.74. The Kier molecular flexibility index (Phi) is 6.18. The fourth-order valence-corrected chi connectivity index (χ4v) is 3.03. The van der Waals surface area contributed by atoms with Crippen LogP contribution in [0.3, 0.4) is 0 Å². The highest BCUT2D eigenvalue weighted by Gasteiger charge is 2.09. The quantitative estimate of drug-likeness (QED) is 0.234. The lowest BCUT2D eigenvalue weighted by Crippen LogP contribution is -2.23. The number of anilines is 2. The minimum atomic E-state index is -0.240. The van der Waals surface area contributed by atoms with Crippen LogP contribution in [0.15, 0.2) is 88.6 Å². The summed E-state index contributed by atoms with van der Waals surface area (Å²) in [6.45, 7) is 0. The molecule has 0 aliphatic rings. The van der Waals surface area contributed by atoms with E-state index < -0.39 is 0 Å². The summed E-state index contributed by atoms with van der Waals surface area (Å²) in [7, 11) is 0. The van der Waals surface area contributed by atoms with Gasteiger partial charge in [0.05, 0.1) is 5.69 Å². The van der Waals surface area contributed by atoms with Crippen LogP contribution in [0.25, 0.3) is 11.1 Å². The molecule has 2 aromatic carbocycles. The Hall–Kier alpha value is -4.20. The molecule has 0 amide bonds. The number of nitrogens with two attached hydrogens (primary N) is 1. The second-order valence-corrected chi connectivity index (χ2v) is 6.81. The van der Waals surface area contributed by atoms with E-state index in [4.69, 9.17) is 10.3 Å². The van der Waals surface area contributed by atoms with E-state index in [1.54, 1.807) is 30.5 Å². The topological polar surface area (TPSA) is 101 Å². The van der Waals surface area contributed by atoms with E-state index in [1.807, 2.05) is 48.5 Å². The lowest BCUT2D eigenvalue weighted by Gasteiger charge is -2.06. The third kappa shape index (κ3) is 5.45. The van der Waals surface area contributed by atoms with E-state index in [-0.39, 0.29) is 11.8 Å². The maximum atomic E-state index is 14.5. The monoisotopic (exact) mass is 416 g/mol. The third-order valence-electron chi connectivity index (χ3n) is 4.55. The van der Waals surface area contributed by atoms with Crippen molar-refractivity contribution in [1.82, 2.24) is 10.1 Å². The van der Waals surface area contributed by atoms with E-state index in [0.717, 1.165) is 16.8 Å². The number of rotatable bonds is 7. The Morgan fingerprint density at radius 3 is 2.61 bits per heavy atom. The standard InChI is InChI=1S/C23H21FN6O/c24-20-14-16(10-12-19(20)17-6-2-1-3-7-17)9-11-18-15-22(31-30-18)27-23(25)29-28-21-8-4-5-13-26-21/h1-8,10,12-15H,9,11H2,(H,26,28)(H3,25,27,29). The van der Waals surface area contributed by atoms with Crippen molar-refractivity contribution in [2.45, 2.75) is 12.8 Å². The molecular weight excluding hydrogens is 395 g/mol. The smallest absolute Gasteiger partial charge is 0.231 e. The van der Waals surface area contributed by atoms with Crippen molar-refractivity contribution in [3.05, 3.63) is 96.1 Å². The molecule has 156 valence electrons. The summed E-state index contributed by atoms with van der Waals surface area (Å²) >= 11 is 0. The van der Waals surface area contributed by atoms with Gasteiger partial charge in [0, 0.05) is 17.8 Å². The van der Waals surface area contributed by atoms with Gasteiger partial charge in [0.1, 0.15) is 11.6 Å². The lowest BCUT2D eigenvalue weighted by atomic mass is 10.0. The van der Waals surface area contributed by atoms with Gasteiger partial charge in [0.25, 0.3) is 0 Å². The van der Waals surface area contributed by atoms with Gasteiger partial charge in [0.15, 0.2) is 0 Å². The number of benzene rings is 2. The fraction of sp³-hybridized carbons (Fsp3) is 0.0870. The van der Waals surface area contributed by atoms with Crippen molar-refractivity contribution < 1.29 is 8.91 Å². The first kappa shape index (κ1) is 20.1. The van der Waals surface area contributed by atoms with E-state index in [1.165, 1.54) is 0 Å². The highest BCUT2D eigenvalue weighted by atomic mass is 19.1. The number of guanidine groups is 1. The molecular formula is C23H21FN6O. The van der Waals surface area contributed by atoms with Gasteiger partial charge in [-0.15, -0.1) is 5.10 Å². The van der Waals surface area contributed by atoms with Crippen molar-refractivity contribution in [2.24, 2.45) is 10.8 Å². The largest absolute Gasteiger partial charge is 0.368 e. The number of aryl methyl sites for hydroxylation is 2. The number of nitrogens with one attached hydrogen (secondary N) is 2. The molecule has 4 N–H and O–H groups in total. The number of nitrogens with zero attached hydrogens (tertiary/aromatic N) is 3. The van der Waals surface area contributed by atoms with Crippen LogP contribution in [-0.2, 0) is 12.8 Å². The van der Waals surface area contributed by atoms with Crippen LogP contribution in [0, 0.1) is 5.82 Å². The van der Waals surface area contributed by atoms with Crippen LogP contribution in [-0.4, -0.2) is 16.1 Å². The molecule has 0 saturated heterocycles. The zero-order valence-electron chi connectivity index (χ0n) is 16.6. The number of halogens is 1. The van der Waals surface area contributed by atoms with Gasteiger partial charge in [-0.1, -0.05) is 53.7 Å². The average Bonchev–Trinajstić information content (AvgIpc) is 3.25. The van der Waals surface area contributed by atoms with Gasteiger partial charge in [-0.05, 0) is 42.2 Å². The van der Waals surface area contributed by atoms with Crippen LogP contribution in [0.1, 0.15) is 11.3 Å². The SMILES string of the molecule is NC(=NNc1ccccn1)Nc1cc(CCc2ccc(-c3ccccc3)c(F)c2)no1. The van der Waals surface area contributed by atoms with Crippen molar-refractivity contribution in [1.29, 1.82) is 0 Å². The number of hydrogen-bond acceptors (Lipinski definition) is 5. The summed E-state index contributed by atoms with van der Waals surface area (Å²) in [5.74, 6) is 0.795. The predicted molar refractivity (Wildman–Crippen MR) is 119 cm³/mol. The summed E-state index contributed by atoms with van der Waals surface area (Å²) in [6.07, 6.45) is 2.87. The molecule has 0 bridgehead atoms. The minimum absolute atomic E-state index is 0.104. The minimum Gasteiger partial charge on any atom is -0.368 e. The van der Waals surface area contributed by atoms with E-state index in [9.17, 15) is 4.39 Å². The number of hydrogen-bond donors (Lipinski definition) is 3. The number of pyridine rings is 1. The molecule has 0 saturated carbocycles. The van der Waals surface area contributed by atoms with Crippen molar-refractivity contribution in [3.8, 4) is 11.1 Å². The molecule has 2 heterocycles. The zero-order valence-corrected chi connectivity index (χ0v) is 16.6. The van der Waals surface area contributed by atoms with Crippen LogP contribution in [0.2, 0.25) is 0 Å². The van der Waals surface area contributed by atoms with Crippen LogP contribution in [0.5, 0.6) is 0 Å². The molecule has 2 aromatic heterocycles. The summed E-state index contributed by atoms with van der Waals surface area (Å²) in [4.78, 5) is 4.08. The second kappa shape index (κ2) is 9.53. The molecule has 0 unspecified atom stereocenters. The second-order valence-electron chi connectivity index (χ2n) is 6.81. The molecule has 0 radical (unpaired) electrons. The van der Waals surface area contributed by atoms with Crippen LogP contribution >= 0.6 is 0 Å². The summed E-state index contributed by atoms with van der Waals surface area (Å²) in [6, 6.07) is 21.9. The van der Waals surface area contributed by atoms with Gasteiger partial charge in [-0.25, -0.2) is 9.37 Å². The molecule has 0 atom stereocenters. The molecule has 0 fully saturated rings. The molecule has 4 rings (SSSR count). The first-order valence-electron chi connectivity index (χ1n) is 9.74. The van der Waals surface area contributed by atoms with Crippen LogP contribution in [0.4, 0.5) is 16.1 Å². The van der Waals surface area contributed by atoms with E-state index in [0.29, 0.717) is 30.1 Å². The van der Waals surface area contributed by atoms with Crippen LogP contribution < -0.4 is 16.5 Å². The average molecular weight is 416 g/mol.